The molecule has 3 fully saturated rings. The first-order chi connectivity index (χ1) is 9.24. The molecule has 0 spiro atoms. The average molecular weight is 265 g/mol. The van der Waals surface area contributed by atoms with Crippen molar-refractivity contribution in [1.29, 1.82) is 0 Å². The van der Waals surface area contributed by atoms with Gasteiger partial charge in [0.2, 0.25) is 0 Å². The molecule has 0 aromatic heterocycles. The predicted molar refractivity (Wildman–Crippen MR) is 80.4 cm³/mol. The summed E-state index contributed by atoms with van der Waals surface area (Å²) in [6.07, 6.45) is 7.08. The fourth-order valence-corrected chi connectivity index (χ4v) is 3.95. The molecule has 2 aliphatic heterocycles. The topological polar surface area (TPSA) is 18.5 Å². The van der Waals surface area contributed by atoms with E-state index in [1.807, 2.05) is 0 Å². The van der Waals surface area contributed by atoms with Crippen LogP contribution in [-0.4, -0.2) is 60.6 Å². The first kappa shape index (κ1) is 13.8. The molecular formula is C16H31N3. The molecule has 1 atom stereocenters. The number of hydrogen-bond donors (Lipinski definition) is 1. The Hall–Kier alpha value is -0.120. The summed E-state index contributed by atoms with van der Waals surface area (Å²) in [5.74, 6) is 0.929. The maximum atomic E-state index is 3.49. The first-order valence-corrected chi connectivity index (χ1v) is 8.44. The van der Waals surface area contributed by atoms with Crippen LogP contribution in [0.5, 0.6) is 0 Å². The number of nitrogens with zero attached hydrogens (tertiary/aromatic N) is 2. The minimum absolute atomic E-state index is 0.707. The van der Waals surface area contributed by atoms with E-state index in [2.05, 4.69) is 29.0 Å². The van der Waals surface area contributed by atoms with Crippen molar-refractivity contribution in [3.8, 4) is 0 Å². The molecule has 0 amide bonds. The fraction of sp³-hybridized carbons (Fsp3) is 1.00. The van der Waals surface area contributed by atoms with E-state index < -0.39 is 0 Å². The molecular weight excluding hydrogens is 234 g/mol. The summed E-state index contributed by atoms with van der Waals surface area (Å²) in [5, 5.41) is 3.49. The second kappa shape index (κ2) is 6.11. The molecule has 1 N–H and O–H groups in total. The largest absolute Gasteiger partial charge is 0.317 e. The number of piperidine rings is 1. The Morgan fingerprint density at radius 1 is 1.11 bits per heavy atom. The van der Waals surface area contributed by atoms with Gasteiger partial charge in [0.05, 0.1) is 0 Å². The lowest BCUT2D eigenvalue weighted by molar-refractivity contribution is 0.117. The molecule has 3 aliphatic rings. The second-order valence-electron chi connectivity index (χ2n) is 7.15. The maximum absolute atomic E-state index is 3.49. The fourth-order valence-electron chi connectivity index (χ4n) is 3.95. The highest BCUT2D eigenvalue weighted by atomic mass is 15.3. The van der Waals surface area contributed by atoms with Crippen molar-refractivity contribution in [2.24, 2.45) is 5.92 Å². The van der Waals surface area contributed by atoms with Gasteiger partial charge in [-0.25, -0.2) is 0 Å². The van der Waals surface area contributed by atoms with E-state index in [0.29, 0.717) is 6.04 Å². The Bertz CT molecular complexity index is 282. The van der Waals surface area contributed by atoms with Crippen LogP contribution >= 0.6 is 0 Å². The van der Waals surface area contributed by atoms with Gasteiger partial charge in [0.25, 0.3) is 0 Å². The molecule has 3 nitrogen and oxygen atoms in total. The molecule has 19 heavy (non-hydrogen) atoms. The standard InChI is InChI=1S/C16H31N3/c1-13(2)19(11-14-5-8-17-9-6-14)16-7-10-18(12-16)15-3-4-15/h13-17H,3-12H2,1-2H3. The van der Waals surface area contributed by atoms with Crippen LogP contribution < -0.4 is 5.32 Å². The van der Waals surface area contributed by atoms with Gasteiger partial charge in [-0.1, -0.05) is 0 Å². The summed E-state index contributed by atoms with van der Waals surface area (Å²) in [6, 6.07) is 2.49. The van der Waals surface area contributed by atoms with Crippen molar-refractivity contribution < 1.29 is 0 Å². The third-order valence-corrected chi connectivity index (χ3v) is 5.32. The van der Waals surface area contributed by atoms with Crippen LogP contribution in [-0.2, 0) is 0 Å². The van der Waals surface area contributed by atoms with E-state index in [1.54, 1.807) is 0 Å². The Morgan fingerprint density at radius 3 is 2.47 bits per heavy atom. The number of rotatable bonds is 5. The molecule has 1 aliphatic carbocycles. The third kappa shape index (κ3) is 3.50. The highest BCUT2D eigenvalue weighted by Crippen LogP contribution is 2.32. The Labute approximate surface area is 118 Å². The summed E-state index contributed by atoms with van der Waals surface area (Å²) in [6.45, 7) is 11.3. The van der Waals surface area contributed by atoms with E-state index in [-0.39, 0.29) is 0 Å². The Morgan fingerprint density at radius 2 is 1.84 bits per heavy atom. The molecule has 3 rings (SSSR count). The lowest BCUT2D eigenvalue weighted by Crippen LogP contribution is -2.46. The number of hydrogen-bond acceptors (Lipinski definition) is 3. The lowest BCUT2D eigenvalue weighted by atomic mass is 9.96. The van der Waals surface area contributed by atoms with Crippen molar-refractivity contribution in [2.75, 3.05) is 32.7 Å². The highest BCUT2D eigenvalue weighted by molar-refractivity contribution is 4.93. The van der Waals surface area contributed by atoms with Gasteiger partial charge < -0.3 is 5.32 Å². The molecule has 0 aromatic carbocycles. The van der Waals surface area contributed by atoms with Crippen LogP contribution in [0.4, 0.5) is 0 Å². The molecule has 2 heterocycles. The van der Waals surface area contributed by atoms with Gasteiger partial charge >= 0.3 is 0 Å². The van der Waals surface area contributed by atoms with Crippen molar-refractivity contribution in [3.05, 3.63) is 0 Å². The molecule has 2 saturated heterocycles. The van der Waals surface area contributed by atoms with Gasteiger partial charge in [0, 0.05) is 37.8 Å². The molecule has 0 bridgehead atoms. The average Bonchev–Trinajstić information content (AvgIpc) is 3.16. The molecule has 0 radical (unpaired) electrons. The van der Waals surface area contributed by atoms with Crippen LogP contribution in [0.2, 0.25) is 0 Å². The predicted octanol–water partition coefficient (Wildman–Crippen LogP) is 1.93. The number of nitrogens with one attached hydrogen (secondary N) is 1. The molecule has 0 aromatic rings. The van der Waals surface area contributed by atoms with E-state index in [1.165, 1.54) is 64.8 Å². The van der Waals surface area contributed by atoms with E-state index >= 15 is 0 Å². The molecule has 3 heteroatoms. The van der Waals surface area contributed by atoms with Gasteiger partial charge in [0.1, 0.15) is 0 Å². The minimum atomic E-state index is 0.707. The van der Waals surface area contributed by atoms with Gasteiger partial charge in [-0.15, -0.1) is 0 Å². The quantitative estimate of drug-likeness (QED) is 0.819. The van der Waals surface area contributed by atoms with Crippen molar-refractivity contribution in [3.63, 3.8) is 0 Å². The molecule has 1 unspecified atom stereocenters. The van der Waals surface area contributed by atoms with Crippen molar-refractivity contribution in [2.45, 2.75) is 64.1 Å². The van der Waals surface area contributed by atoms with Crippen LogP contribution in [0.25, 0.3) is 0 Å². The zero-order valence-electron chi connectivity index (χ0n) is 12.8. The number of likely N-dealkylation sites (tertiary alicyclic amines) is 1. The maximum Gasteiger partial charge on any atom is 0.0238 e. The van der Waals surface area contributed by atoms with Crippen LogP contribution in [0.15, 0.2) is 0 Å². The zero-order valence-corrected chi connectivity index (χ0v) is 12.8. The minimum Gasteiger partial charge on any atom is -0.317 e. The van der Waals surface area contributed by atoms with E-state index in [4.69, 9.17) is 0 Å². The third-order valence-electron chi connectivity index (χ3n) is 5.32. The van der Waals surface area contributed by atoms with E-state index in [9.17, 15) is 0 Å². The summed E-state index contributed by atoms with van der Waals surface area (Å²) >= 11 is 0. The summed E-state index contributed by atoms with van der Waals surface area (Å²) in [7, 11) is 0. The zero-order chi connectivity index (χ0) is 13.2. The summed E-state index contributed by atoms with van der Waals surface area (Å²) < 4.78 is 0. The normalized spacial score (nSPS) is 30.6. The van der Waals surface area contributed by atoms with Gasteiger partial charge in [-0.3, -0.25) is 9.80 Å². The second-order valence-corrected chi connectivity index (χ2v) is 7.15. The first-order valence-electron chi connectivity index (χ1n) is 8.44. The highest BCUT2D eigenvalue weighted by Gasteiger charge is 2.37. The smallest absolute Gasteiger partial charge is 0.0238 e. The SMILES string of the molecule is CC(C)N(CC1CCNCC1)C1CCN(C2CC2)C1. The molecule has 1 saturated carbocycles. The molecule has 110 valence electrons. The van der Waals surface area contributed by atoms with Crippen LogP contribution in [0.3, 0.4) is 0 Å². The van der Waals surface area contributed by atoms with Crippen molar-refractivity contribution in [1.82, 2.24) is 15.1 Å². The van der Waals surface area contributed by atoms with Crippen LogP contribution in [0, 0.1) is 5.92 Å². The van der Waals surface area contributed by atoms with Crippen LogP contribution in [0.1, 0.15) is 46.0 Å². The summed E-state index contributed by atoms with van der Waals surface area (Å²) in [4.78, 5) is 5.57. The van der Waals surface area contributed by atoms with Gasteiger partial charge in [-0.05, 0) is 65.0 Å². The summed E-state index contributed by atoms with van der Waals surface area (Å²) in [5.41, 5.74) is 0. The lowest BCUT2D eigenvalue weighted by Gasteiger charge is -2.37. The van der Waals surface area contributed by atoms with E-state index in [0.717, 1.165) is 18.0 Å². The Kier molecular flexibility index (Phi) is 4.45. The Balaban J connectivity index is 1.54. The van der Waals surface area contributed by atoms with Gasteiger partial charge in [0.15, 0.2) is 0 Å². The van der Waals surface area contributed by atoms with Crippen molar-refractivity contribution >= 4 is 0 Å². The van der Waals surface area contributed by atoms with Gasteiger partial charge in [-0.2, -0.15) is 0 Å². The monoisotopic (exact) mass is 265 g/mol.